The van der Waals surface area contributed by atoms with Crippen LogP contribution in [-0.2, 0) is 12.2 Å². The van der Waals surface area contributed by atoms with E-state index in [2.05, 4.69) is 14.1 Å². The Hall–Kier alpha value is 0.200. The minimum Gasteiger partial charge on any atom is -0.315 e. The molecule has 0 saturated carbocycles. The molecule has 0 unspecified atom stereocenters. The van der Waals surface area contributed by atoms with E-state index >= 15 is 0 Å². The van der Waals surface area contributed by atoms with Gasteiger partial charge in [-0.3, -0.25) is 4.31 Å². The molecule has 0 atom stereocenters. The smallest absolute Gasteiger partial charge is 0.315 e. The topological polar surface area (TPSA) is 7.68 Å². The van der Waals surface area contributed by atoms with Gasteiger partial charge in [-0.1, -0.05) is 0 Å². The van der Waals surface area contributed by atoms with E-state index < -0.39 is 0 Å². The molecule has 1 N–H and O–H groups in total. The molecule has 0 spiro atoms. The summed E-state index contributed by atoms with van der Waals surface area (Å²) >= 11 is 6.66. The van der Waals surface area contributed by atoms with Crippen LogP contribution in [0.4, 0.5) is 0 Å². The van der Waals surface area contributed by atoms with Gasteiger partial charge in [0, 0.05) is 14.1 Å². The monoisotopic (exact) mass is 165 g/mol. The van der Waals surface area contributed by atoms with E-state index in [-0.39, 0.29) is 0 Å². The summed E-state index contributed by atoms with van der Waals surface area (Å²) < 4.78 is 2.21. The molecule has 53 valence electrons. The molecule has 0 saturated heterocycles. The van der Waals surface area contributed by atoms with Crippen molar-refractivity contribution in [3.63, 3.8) is 0 Å². The van der Waals surface area contributed by atoms with Gasteiger partial charge >= 0.3 is 16.5 Å². The maximum Gasteiger partial charge on any atom is 0.570 e. The van der Waals surface area contributed by atoms with Crippen molar-refractivity contribution in [3.05, 3.63) is 0 Å². The molecule has 0 aliphatic carbocycles. The summed E-state index contributed by atoms with van der Waals surface area (Å²) in [5, 5.41) is 0. The third kappa shape index (κ3) is 4.69. The zero-order chi connectivity index (χ0) is 7.44. The van der Waals surface area contributed by atoms with Gasteiger partial charge in [0.05, 0.1) is 14.1 Å². The molecule has 0 heterocycles. The fourth-order valence-corrected chi connectivity index (χ4v) is 1.30. The lowest BCUT2D eigenvalue weighted by molar-refractivity contribution is -0.702. The number of nitrogens with zero attached hydrogens (tertiary/aromatic N) is 1. The largest absolute Gasteiger partial charge is 0.570 e. The zero-order valence-electron chi connectivity index (χ0n) is 6.26. The Balaban J connectivity index is 3.51. The van der Waals surface area contributed by atoms with Gasteiger partial charge in [0.1, 0.15) is 0 Å². The number of hydrogen-bond donors (Lipinski definition) is 1. The Morgan fingerprint density at radius 3 is 2.00 bits per heavy atom. The summed E-state index contributed by atoms with van der Waals surface area (Å²) in [5.74, 6) is 0. The lowest BCUT2D eigenvalue weighted by Gasteiger charge is -2.04. The SMILES string of the molecule is CN(C)C(=[S+])S[NH+](C)C. The number of rotatable bonds is 1. The second-order valence-corrected chi connectivity index (χ2v) is 4.22. The highest BCUT2D eigenvalue weighted by Gasteiger charge is 2.18. The first-order valence-electron chi connectivity index (χ1n) is 2.73. The van der Waals surface area contributed by atoms with E-state index in [1.807, 2.05) is 19.0 Å². The Kier molecular flexibility index (Phi) is 4.18. The van der Waals surface area contributed by atoms with Crippen LogP contribution in [0, 0.1) is 0 Å². The first kappa shape index (κ1) is 9.20. The minimum atomic E-state index is 0.926. The molecule has 9 heavy (non-hydrogen) atoms. The van der Waals surface area contributed by atoms with Crippen LogP contribution in [0.2, 0.25) is 0 Å². The normalized spacial score (nSPS) is 9.89. The number of quaternary nitrogens is 1. The average Bonchev–Trinajstić information content (AvgIpc) is 1.63. The van der Waals surface area contributed by atoms with Crippen LogP contribution in [0.25, 0.3) is 0 Å². The van der Waals surface area contributed by atoms with E-state index in [4.69, 9.17) is 12.2 Å². The molecule has 0 amide bonds. The summed E-state index contributed by atoms with van der Waals surface area (Å²) in [5.41, 5.74) is 0. The predicted molar refractivity (Wildman–Crippen MR) is 46.5 cm³/mol. The zero-order valence-corrected chi connectivity index (χ0v) is 7.90. The quantitative estimate of drug-likeness (QED) is 0.302. The third-order valence-electron chi connectivity index (χ3n) is 0.657. The summed E-state index contributed by atoms with van der Waals surface area (Å²) in [6.07, 6.45) is 0. The van der Waals surface area contributed by atoms with Gasteiger partial charge in [0.15, 0.2) is 0 Å². The van der Waals surface area contributed by atoms with E-state index in [0.29, 0.717) is 0 Å². The second kappa shape index (κ2) is 4.09. The highest BCUT2D eigenvalue weighted by molar-refractivity contribution is 8.15. The fourth-order valence-electron chi connectivity index (χ4n) is 0.266. The maximum atomic E-state index is 5.02. The molecule has 0 aromatic rings. The molecule has 0 aliphatic rings. The molecule has 0 aromatic carbocycles. The van der Waals surface area contributed by atoms with Crippen molar-refractivity contribution in [2.45, 2.75) is 0 Å². The molecule has 0 aromatic heterocycles. The highest BCUT2D eigenvalue weighted by atomic mass is 32.2. The molecule has 2 nitrogen and oxygen atoms in total. The van der Waals surface area contributed by atoms with Crippen LogP contribution in [-0.4, -0.2) is 37.4 Å². The average molecular weight is 165 g/mol. The van der Waals surface area contributed by atoms with Crippen molar-refractivity contribution >= 4 is 28.5 Å². The molecule has 0 fully saturated rings. The van der Waals surface area contributed by atoms with Crippen molar-refractivity contribution in [2.75, 3.05) is 28.2 Å². The van der Waals surface area contributed by atoms with Gasteiger partial charge in [0.2, 0.25) is 11.9 Å². The van der Waals surface area contributed by atoms with Crippen LogP contribution in [0.1, 0.15) is 0 Å². The van der Waals surface area contributed by atoms with E-state index in [0.717, 1.165) is 4.32 Å². The molecule has 4 heteroatoms. The van der Waals surface area contributed by atoms with Crippen molar-refractivity contribution in [2.24, 2.45) is 0 Å². The van der Waals surface area contributed by atoms with Gasteiger partial charge < -0.3 is 4.90 Å². The Bertz CT molecular complexity index is 101. The second-order valence-electron chi connectivity index (χ2n) is 2.17. The molecular weight excluding hydrogens is 152 g/mol. The molecule has 1 radical (unpaired) electrons. The Morgan fingerprint density at radius 1 is 1.44 bits per heavy atom. The molecule has 0 bridgehead atoms. The van der Waals surface area contributed by atoms with Crippen LogP contribution >= 0.6 is 11.9 Å². The lowest BCUT2D eigenvalue weighted by Crippen LogP contribution is -2.99. The van der Waals surface area contributed by atoms with E-state index in [9.17, 15) is 0 Å². The first-order chi connectivity index (χ1) is 4.04. The first-order valence-corrected chi connectivity index (χ1v) is 3.96. The van der Waals surface area contributed by atoms with Crippen LogP contribution in [0.3, 0.4) is 0 Å². The van der Waals surface area contributed by atoms with Gasteiger partial charge in [-0.2, -0.15) is 0 Å². The van der Waals surface area contributed by atoms with Crippen molar-refractivity contribution in [3.8, 4) is 0 Å². The highest BCUT2D eigenvalue weighted by Crippen LogP contribution is 1.90. The van der Waals surface area contributed by atoms with Crippen molar-refractivity contribution in [1.82, 2.24) is 4.90 Å². The maximum absolute atomic E-state index is 5.02. The van der Waals surface area contributed by atoms with Gasteiger partial charge in [-0.25, -0.2) is 0 Å². The van der Waals surface area contributed by atoms with Crippen LogP contribution < -0.4 is 4.31 Å². The summed E-state index contributed by atoms with van der Waals surface area (Å²) in [7, 11) is 8.03. The number of thiocarbonyl (C=S) groups is 1. The van der Waals surface area contributed by atoms with Crippen molar-refractivity contribution in [1.29, 1.82) is 0 Å². The molecule has 0 rings (SSSR count). The van der Waals surface area contributed by atoms with Crippen LogP contribution in [0.15, 0.2) is 0 Å². The van der Waals surface area contributed by atoms with E-state index in [1.165, 1.54) is 4.31 Å². The van der Waals surface area contributed by atoms with Gasteiger partial charge in [-0.15, -0.1) is 0 Å². The molecule has 0 aliphatic heterocycles. The summed E-state index contributed by atoms with van der Waals surface area (Å²) in [4.78, 5) is 1.94. The number of nitrogens with one attached hydrogen (secondary N) is 1. The minimum absolute atomic E-state index is 0.926. The van der Waals surface area contributed by atoms with E-state index in [1.54, 1.807) is 11.9 Å². The molecular formula is C5H13N2S2+2. The number of hydrogen-bond acceptors (Lipinski definition) is 2. The van der Waals surface area contributed by atoms with Crippen molar-refractivity contribution < 1.29 is 4.31 Å². The van der Waals surface area contributed by atoms with Gasteiger partial charge in [0.25, 0.3) is 0 Å². The van der Waals surface area contributed by atoms with Gasteiger partial charge in [-0.05, 0) is 0 Å². The summed E-state index contributed by atoms with van der Waals surface area (Å²) in [6, 6.07) is 0. The fraction of sp³-hybridized carbons (Fsp3) is 0.800. The van der Waals surface area contributed by atoms with Crippen LogP contribution in [0.5, 0.6) is 0 Å². The standard InChI is InChI=1S/C5H12N2S2/c1-6(2)5(8)9-7(3)4/h1-4H3/q+1/p+1. The Morgan fingerprint density at radius 2 is 1.89 bits per heavy atom. The third-order valence-corrected chi connectivity index (χ3v) is 2.22. The summed E-state index contributed by atoms with van der Waals surface area (Å²) in [6.45, 7) is 0. The lowest BCUT2D eigenvalue weighted by atomic mass is 11.0. The Labute approximate surface area is 66.3 Å². The predicted octanol–water partition coefficient (Wildman–Crippen LogP) is -1.02.